The highest BCUT2D eigenvalue weighted by atomic mass is 30.6. The van der Waals surface area contributed by atoms with Crippen molar-refractivity contribution in [1.29, 1.82) is 0 Å². The monoisotopic (exact) mass is 3030 g/mol. The van der Waals surface area contributed by atoms with Gasteiger partial charge in [-0.2, -0.15) is 0 Å². The molecule has 81 radical (unpaired) electrons. The minimum Gasteiger partial charge on any atom is -0.439 e. The van der Waals surface area contributed by atoms with Crippen LogP contribution in [-0.2, 0) is 95.0 Å². The van der Waals surface area contributed by atoms with Crippen molar-refractivity contribution in [1.82, 2.24) is 0 Å². The summed E-state index contributed by atoms with van der Waals surface area (Å²) in [5.74, 6) is 0. The molecular weight excluding hydrogens is 2970 g/mol. The Bertz CT molecular complexity index is 3170. The average Bonchev–Trinajstić information content (AvgIpc) is 0.610. The van der Waals surface area contributed by atoms with Gasteiger partial charge in [0.05, 0.1) is 9.76 Å². The summed E-state index contributed by atoms with van der Waals surface area (Å²) in [6.07, 6.45) is 0. The molecule has 0 aromatic carbocycles. The molecule has 0 spiro atoms. The second-order valence-corrected chi connectivity index (χ2v) is 305. The van der Waals surface area contributed by atoms with E-state index in [0.717, 1.165) is 0 Å². The normalized spacial score (nSPS) is 16.5. The van der Waals surface area contributed by atoms with E-state index in [1.54, 1.807) is 0 Å². The van der Waals surface area contributed by atoms with E-state index in [9.17, 15) is 201 Å². The zero-order valence-electron chi connectivity index (χ0n) is 70.2. The third-order valence-electron chi connectivity index (χ3n) is 17.6. The van der Waals surface area contributed by atoms with Crippen LogP contribution >= 0.6 is 0 Å². The van der Waals surface area contributed by atoms with E-state index < -0.39 is 554 Å². The minimum atomic E-state index is -10.7. The fraction of sp³-hybridized carbons (Fsp3) is 1.00. The first kappa shape index (κ1) is 151. The molecule has 0 aliphatic heterocycles. The molecular formula is C10H71O64Si65. The van der Waals surface area contributed by atoms with Gasteiger partial charge in [0.2, 0.25) is 237 Å². The summed E-state index contributed by atoms with van der Waals surface area (Å²) in [5, 5.41) is 0. The summed E-state index contributed by atoms with van der Waals surface area (Å²) in [5.41, 5.74) is 0. The summed E-state index contributed by atoms with van der Waals surface area (Å²) < 4.78 is 166. The van der Waals surface area contributed by atoms with Crippen molar-refractivity contribution in [2.24, 2.45) is 0 Å². The third-order valence-corrected chi connectivity index (χ3v) is 530. The largest absolute Gasteiger partial charge is 0.439 e. The molecule has 64 nitrogen and oxygen atoms in total. The molecule has 0 aromatic heterocycles. The lowest BCUT2D eigenvalue weighted by atomic mass is 11.8. The van der Waals surface area contributed by atoms with E-state index in [1.807, 2.05) is 0 Å². The maximum absolute atomic E-state index is 14.7. The lowest BCUT2D eigenvalue weighted by Gasteiger charge is -2.77. The molecule has 0 rings (SSSR count). The molecule has 4 unspecified atom stereocenters. The smallest absolute Gasteiger partial charge is 0.420 e. The van der Waals surface area contributed by atoms with Crippen LogP contribution < -0.4 is 0 Å². The Morgan fingerprint density at radius 1 is 0.187 bits per heavy atom. The molecule has 0 aliphatic carbocycles. The van der Waals surface area contributed by atoms with Crippen molar-refractivity contribution < 1.29 is 292 Å². The van der Waals surface area contributed by atoms with Crippen LogP contribution in [0.15, 0.2) is 0 Å². The quantitative estimate of drug-likeness (QED) is 0.0251. The summed E-state index contributed by atoms with van der Waals surface area (Å²) in [7, 11) is -188. The van der Waals surface area contributed by atoms with Gasteiger partial charge in [-0.3, -0.25) is 0 Å². The molecule has 0 amide bonds. The lowest BCUT2D eigenvalue weighted by molar-refractivity contribution is 0.288. The first-order valence-corrected chi connectivity index (χ1v) is 163. The highest BCUT2D eigenvalue weighted by Crippen LogP contribution is 2.62. The van der Waals surface area contributed by atoms with E-state index in [4.69, 9.17) is 90.8 Å². The molecule has 41 N–H and O–H groups in total. The second kappa shape index (κ2) is 66.0. The van der Waals surface area contributed by atoms with Crippen LogP contribution in [0, 0.1) is 0 Å². The van der Waals surface area contributed by atoms with Crippen LogP contribution in [0.5, 0.6) is 0 Å². The molecule has 0 heterocycles. The standard InChI is InChI=1S/C10H71O64Si65/c1-52-126(75,97-32)123(67-116(5,6)50,135(114-49,65-88-23)117(7,8)51)74-137(138(131(106-41,107-42)61-84-19,132(108-43,109-44)62-85-20)71-121(93-28,94-29)55-78-13,139(133(110-45,111-46)63-86-21,134(112-47,113-48)64-87-22)72-122(95-30,96-31)56-79-14)125(68-118(9,10)66-115(2,3)4,136(129(102-37,103-38)59-82-17,130(104-39,105-40)60-83-18)70-120(91-26,92-27)54-77-12)73-124(127(98-33,99-34)57-80-15,128(100-35,101-36)58-81-16)69-119(89-24,90-25)53-76-11/h11-51H,1-10H3. The average molecular weight is 3040 g/mol. The Hall–Kier alpha value is 11.5. The highest BCUT2D eigenvalue weighted by Gasteiger charge is 3.10. The molecule has 0 bridgehead atoms. The Kier molecular flexibility index (Phi) is 71.5. The minimum absolute atomic E-state index is 0.494. The molecule has 4 atom stereocenters. The zero-order valence-corrected chi connectivity index (χ0v) is 135. The Labute approximate surface area is 910 Å². The van der Waals surface area contributed by atoms with E-state index in [-0.39, 0.29) is 0 Å². The number of hydrogen-bond acceptors (Lipinski definition) is 64. The topological polar surface area (TPSA) is 1040 Å². The molecule has 0 fully saturated rings. The van der Waals surface area contributed by atoms with Gasteiger partial charge in [-0.1, -0.05) is 0 Å². The third kappa shape index (κ3) is 29.3. The fourth-order valence-corrected chi connectivity index (χ4v) is 951. The molecule has 0 aromatic rings. The molecule has 0 saturated heterocycles. The van der Waals surface area contributed by atoms with Gasteiger partial charge in [0.15, 0.2) is 8.32 Å². The zero-order chi connectivity index (χ0) is 108. The Morgan fingerprint density at radius 2 is 0.410 bits per heavy atom. The first-order chi connectivity index (χ1) is 65.0. The van der Waals surface area contributed by atoms with Crippen LogP contribution in [0.3, 0.4) is 0 Å². The van der Waals surface area contributed by atoms with Crippen molar-refractivity contribution in [3.8, 4) is 0 Å². The predicted molar refractivity (Wildman–Crippen MR) is 549 cm³/mol. The molecule has 0 saturated carbocycles. The molecule has 129 heteroatoms. The van der Waals surface area contributed by atoms with Gasteiger partial charge in [-0.15, -0.1) is 0 Å². The summed E-state index contributed by atoms with van der Waals surface area (Å²) in [6, 6.07) is 0. The van der Waals surface area contributed by atoms with E-state index in [1.165, 1.54) is 19.6 Å². The first-order valence-electron chi connectivity index (χ1n) is 33.8. The van der Waals surface area contributed by atoms with Crippen molar-refractivity contribution in [3.63, 3.8) is 0 Å². The van der Waals surface area contributed by atoms with Crippen molar-refractivity contribution >= 4 is 564 Å². The molecule has 139 heavy (non-hydrogen) atoms. The van der Waals surface area contributed by atoms with E-state index >= 15 is 0 Å². The van der Waals surface area contributed by atoms with Gasteiger partial charge in [-0.05, 0) is 58.9 Å². The number of hydrogen-bond donors (Lipinski definition) is 41. The van der Waals surface area contributed by atoms with Crippen LogP contribution in [0.1, 0.15) is 0 Å². The lowest BCUT2D eigenvalue weighted by Crippen LogP contribution is -3.22. The van der Waals surface area contributed by atoms with E-state index in [0.29, 0.717) is 46.4 Å². The van der Waals surface area contributed by atoms with Gasteiger partial charge in [-0.25, -0.2) is 0 Å². The van der Waals surface area contributed by atoms with Crippen molar-refractivity contribution in [2.75, 3.05) is 7.11 Å². The maximum Gasteiger partial charge on any atom is 0.420 e. The summed E-state index contributed by atoms with van der Waals surface area (Å²) >= 11 is 0. The highest BCUT2D eigenvalue weighted by molar-refractivity contribution is 8.35. The van der Waals surface area contributed by atoms with Crippen molar-refractivity contribution in [3.05, 3.63) is 0 Å². The summed E-state index contributed by atoms with van der Waals surface area (Å²) in [6.45, 7) is -109. The van der Waals surface area contributed by atoms with Gasteiger partial charge in [0.1, 0.15) is 0 Å². The SMILES string of the molecule is CO[Si]([Si])([Si]O)[Si](O[Si](C)(C)O)(O[Si]([Si](O[Si](C)(C)O[Si](C)(C)C)(O[Si](O[Si](O[Si]O)([Si]O)[Si]O)([Si](O[Si]O)([Si]O)[Si]O)[Si](O[Si]O)([Si]O)[Si]O)[Si](O[Si](O[Si]O)([Si]O)[Si]O)([Si](O[Si]O)([Si]O)[Si]O)[Si](O[Si]O)([Si]O)[Si]O)([Si](O[Si](O[Si]O)([Si]O)[Si]O)([Si](O[Si]O)([Si]O)[Si]O)[Si](O[Si]O)([Si]O)[Si]O)[Si](O[Si](O[Si]O)([Si]O)[Si]O)([Si](O[Si]O)([Si]O)[Si]O)[Si](O[Si]O)([Si]O)[Si]O)[Si](O[Si]O)([Si]O)[Si](C)(C)O. The van der Waals surface area contributed by atoms with Crippen LogP contribution in [0.25, 0.3) is 0 Å². The van der Waals surface area contributed by atoms with Gasteiger partial charge >= 0.3 is 200 Å². The molecule has 755 valence electrons. The molecule has 0 aliphatic rings. The van der Waals surface area contributed by atoms with E-state index in [2.05, 4.69) is 9.76 Å². The summed E-state index contributed by atoms with van der Waals surface area (Å²) in [4.78, 5) is 552. The van der Waals surface area contributed by atoms with Crippen molar-refractivity contribution in [2.45, 2.75) is 58.9 Å². The maximum atomic E-state index is 14.7. The second-order valence-electron chi connectivity index (χ2n) is 26.9. The Balaban J connectivity index is 19.9. The fourth-order valence-electron chi connectivity index (χ4n) is 13.0. The number of rotatable bonds is 86. The van der Waals surface area contributed by atoms with Gasteiger partial charge in [0, 0.05) is 7.11 Å². The van der Waals surface area contributed by atoms with Gasteiger partial charge < -0.3 is 292 Å². The van der Waals surface area contributed by atoms with Crippen LogP contribution in [-0.4, -0.2) is 768 Å². The van der Waals surface area contributed by atoms with Crippen LogP contribution in [0.4, 0.5) is 0 Å². The van der Waals surface area contributed by atoms with Gasteiger partial charge in [0.25, 0.3) is 109 Å². The predicted octanol–water partition coefficient (Wildman–Crippen LogP) is -43.7. The van der Waals surface area contributed by atoms with Crippen LogP contribution in [0.2, 0.25) is 58.9 Å². The Morgan fingerprint density at radius 3 is 0.597 bits per heavy atom.